The topological polar surface area (TPSA) is 47.6 Å². The summed E-state index contributed by atoms with van der Waals surface area (Å²) < 4.78 is 10.4. The van der Waals surface area contributed by atoms with E-state index in [0.717, 1.165) is 6.42 Å². The maximum Gasteiger partial charge on any atom is 0.258 e. The molecule has 0 spiro atoms. The molecule has 1 rings (SSSR count). The highest BCUT2D eigenvalue weighted by molar-refractivity contribution is 5.77. The van der Waals surface area contributed by atoms with Crippen molar-refractivity contribution in [3.63, 3.8) is 0 Å². The normalized spacial score (nSPS) is 10.4. The first-order valence-corrected chi connectivity index (χ1v) is 6.12. The lowest BCUT2D eigenvalue weighted by Gasteiger charge is -2.10. The van der Waals surface area contributed by atoms with Gasteiger partial charge in [-0.2, -0.15) is 0 Å². The number of nitrogens with one attached hydrogen (secondary N) is 1. The Morgan fingerprint density at radius 1 is 1.28 bits per heavy atom. The lowest BCUT2D eigenvalue weighted by atomic mass is 10.1. The quantitative estimate of drug-likeness (QED) is 0.803. The van der Waals surface area contributed by atoms with Crippen LogP contribution in [0.25, 0.3) is 0 Å². The van der Waals surface area contributed by atoms with E-state index in [-0.39, 0.29) is 18.6 Å². The SMILES string of the molecule is COCCc1ccc(OCC(=O)NC(C)C)cc1. The van der Waals surface area contributed by atoms with Crippen LogP contribution in [0, 0.1) is 0 Å². The number of benzene rings is 1. The fourth-order valence-corrected chi connectivity index (χ4v) is 1.48. The smallest absolute Gasteiger partial charge is 0.258 e. The summed E-state index contributed by atoms with van der Waals surface area (Å²) in [6.45, 7) is 4.59. The van der Waals surface area contributed by atoms with Gasteiger partial charge in [-0.1, -0.05) is 12.1 Å². The highest BCUT2D eigenvalue weighted by Crippen LogP contribution is 2.12. The third kappa shape index (κ3) is 5.68. The lowest BCUT2D eigenvalue weighted by molar-refractivity contribution is -0.123. The lowest BCUT2D eigenvalue weighted by Crippen LogP contribution is -2.34. The van der Waals surface area contributed by atoms with E-state index in [1.54, 1.807) is 7.11 Å². The molecule has 1 aromatic carbocycles. The van der Waals surface area contributed by atoms with E-state index >= 15 is 0 Å². The zero-order chi connectivity index (χ0) is 13.4. The van der Waals surface area contributed by atoms with Crippen molar-refractivity contribution in [1.82, 2.24) is 5.32 Å². The third-order valence-corrected chi connectivity index (χ3v) is 2.34. The molecule has 0 atom stereocenters. The molecule has 0 saturated carbocycles. The van der Waals surface area contributed by atoms with Gasteiger partial charge >= 0.3 is 0 Å². The molecule has 100 valence electrons. The van der Waals surface area contributed by atoms with E-state index in [1.807, 2.05) is 38.1 Å². The third-order valence-electron chi connectivity index (χ3n) is 2.34. The van der Waals surface area contributed by atoms with Gasteiger partial charge in [0.1, 0.15) is 5.75 Å². The fourth-order valence-electron chi connectivity index (χ4n) is 1.48. The van der Waals surface area contributed by atoms with Crippen LogP contribution >= 0.6 is 0 Å². The Kier molecular flexibility index (Phi) is 6.22. The Balaban J connectivity index is 2.37. The van der Waals surface area contributed by atoms with Crippen LogP contribution in [0.5, 0.6) is 5.75 Å². The highest BCUT2D eigenvalue weighted by Gasteiger charge is 2.04. The number of carbonyl (C=O) groups is 1. The molecule has 1 aromatic rings. The van der Waals surface area contributed by atoms with Gasteiger partial charge in [0, 0.05) is 13.2 Å². The Bertz CT molecular complexity index is 360. The summed E-state index contributed by atoms with van der Waals surface area (Å²) >= 11 is 0. The Morgan fingerprint density at radius 3 is 2.50 bits per heavy atom. The van der Waals surface area contributed by atoms with Crippen LogP contribution in [0.15, 0.2) is 24.3 Å². The second kappa shape index (κ2) is 7.71. The number of rotatable bonds is 7. The van der Waals surface area contributed by atoms with Crippen molar-refractivity contribution in [1.29, 1.82) is 0 Å². The Hall–Kier alpha value is -1.55. The molecule has 4 nitrogen and oxygen atoms in total. The van der Waals surface area contributed by atoms with Crippen LogP contribution < -0.4 is 10.1 Å². The Morgan fingerprint density at radius 2 is 1.94 bits per heavy atom. The maximum absolute atomic E-state index is 11.4. The molecule has 0 aromatic heterocycles. The van der Waals surface area contributed by atoms with E-state index in [4.69, 9.17) is 9.47 Å². The van der Waals surface area contributed by atoms with Gasteiger partial charge in [-0.25, -0.2) is 0 Å². The van der Waals surface area contributed by atoms with Crippen LogP contribution in [0.1, 0.15) is 19.4 Å². The standard InChI is InChI=1S/C14H21NO3/c1-11(2)15-14(16)10-18-13-6-4-12(5-7-13)8-9-17-3/h4-7,11H,8-10H2,1-3H3,(H,15,16). The average Bonchev–Trinajstić information content (AvgIpc) is 2.34. The molecule has 0 radical (unpaired) electrons. The zero-order valence-electron chi connectivity index (χ0n) is 11.2. The van der Waals surface area contributed by atoms with Crippen LogP contribution in [-0.2, 0) is 16.0 Å². The van der Waals surface area contributed by atoms with Crippen LogP contribution in [0.3, 0.4) is 0 Å². The molecular formula is C14H21NO3. The van der Waals surface area contributed by atoms with Crippen molar-refractivity contribution < 1.29 is 14.3 Å². The van der Waals surface area contributed by atoms with E-state index in [9.17, 15) is 4.79 Å². The van der Waals surface area contributed by atoms with Crippen molar-refractivity contribution in [2.75, 3.05) is 20.3 Å². The van der Waals surface area contributed by atoms with Gasteiger partial charge in [-0.05, 0) is 38.0 Å². The van der Waals surface area contributed by atoms with E-state index in [1.165, 1.54) is 5.56 Å². The summed E-state index contributed by atoms with van der Waals surface area (Å²) in [4.78, 5) is 11.4. The summed E-state index contributed by atoms with van der Waals surface area (Å²) in [7, 11) is 1.69. The van der Waals surface area contributed by atoms with Crippen LogP contribution in [0.4, 0.5) is 0 Å². The number of hydrogen-bond donors (Lipinski definition) is 1. The fraction of sp³-hybridized carbons (Fsp3) is 0.500. The summed E-state index contributed by atoms with van der Waals surface area (Å²) in [6, 6.07) is 7.84. The van der Waals surface area contributed by atoms with Crippen molar-refractivity contribution >= 4 is 5.91 Å². The number of carbonyl (C=O) groups excluding carboxylic acids is 1. The first-order chi connectivity index (χ1) is 8.61. The molecule has 0 aliphatic carbocycles. The molecule has 4 heteroatoms. The zero-order valence-corrected chi connectivity index (χ0v) is 11.2. The predicted molar refractivity (Wildman–Crippen MR) is 70.8 cm³/mol. The second-order valence-corrected chi connectivity index (χ2v) is 4.40. The second-order valence-electron chi connectivity index (χ2n) is 4.40. The molecule has 0 unspecified atom stereocenters. The van der Waals surface area contributed by atoms with Crippen LogP contribution in [0.2, 0.25) is 0 Å². The molecule has 0 heterocycles. The van der Waals surface area contributed by atoms with Gasteiger partial charge < -0.3 is 14.8 Å². The molecule has 1 amide bonds. The number of ether oxygens (including phenoxy) is 2. The first-order valence-electron chi connectivity index (χ1n) is 6.12. The van der Waals surface area contributed by atoms with Gasteiger partial charge in [0.15, 0.2) is 6.61 Å². The predicted octanol–water partition coefficient (Wildman–Crippen LogP) is 1.78. The molecule has 18 heavy (non-hydrogen) atoms. The minimum Gasteiger partial charge on any atom is -0.484 e. The molecular weight excluding hydrogens is 230 g/mol. The van der Waals surface area contributed by atoms with Crippen molar-refractivity contribution in [3.8, 4) is 5.75 Å². The summed E-state index contributed by atoms with van der Waals surface area (Å²) in [6.07, 6.45) is 0.880. The van der Waals surface area contributed by atoms with Crippen molar-refractivity contribution in [2.24, 2.45) is 0 Å². The largest absolute Gasteiger partial charge is 0.484 e. The summed E-state index contributed by atoms with van der Waals surface area (Å²) in [5.41, 5.74) is 1.19. The van der Waals surface area contributed by atoms with E-state index < -0.39 is 0 Å². The average molecular weight is 251 g/mol. The minimum atomic E-state index is -0.103. The molecule has 0 fully saturated rings. The monoisotopic (exact) mass is 251 g/mol. The van der Waals surface area contributed by atoms with Gasteiger partial charge in [-0.3, -0.25) is 4.79 Å². The van der Waals surface area contributed by atoms with Gasteiger partial charge in [0.05, 0.1) is 6.61 Å². The van der Waals surface area contributed by atoms with Gasteiger partial charge in [-0.15, -0.1) is 0 Å². The number of hydrogen-bond acceptors (Lipinski definition) is 3. The summed E-state index contributed by atoms with van der Waals surface area (Å²) in [5, 5.41) is 2.77. The first kappa shape index (κ1) is 14.5. The van der Waals surface area contributed by atoms with Crippen LogP contribution in [-0.4, -0.2) is 32.3 Å². The van der Waals surface area contributed by atoms with E-state index in [0.29, 0.717) is 12.4 Å². The van der Waals surface area contributed by atoms with Crippen molar-refractivity contribution in [3.05, 3.63) is 29.8 Å². The molecule has 0 saturated heterocycles. The van der Waals surface area contributed by atoms with Crippen molar-refractivity contribution in [2.45, 2.75) is 26.3 Å². The molecule has 0 bridgehead atoms. The molecule has 0 aliphatic heterocycles. The minimum absolute atomic E-state index is 0.0512. The Labute approximate surface area is 108 Å². The summed E-state index contributed by atoms with van der Waals surface area (Å²) in [5.74, 6) is 0.600. The number of methoxy groups -OCH3 is 1. The van der Waals surface area contributed by atoms with Gasteiger partial charge in [0.25, 0.3) is 5.91 Å². The number of amides is 1. The molecule has 1 N–H and O–H groups in total. The molecule has 0 aliphatic rings. The van der Waals surface area contributed by atoms with E-state index in [2.05, 4.69) is 5.32 Å². The maximum atomic E-state index is 11.4. The highest BCUT2D eigenvalue weighted by atomic mass is 16.5. The van der Waals surface area contributed by atoms with Gasteiger partial charge in [0.2, 0.25) is 0 Å².